The molecule has 6 nitrogen and oxygen atoms in total. The van der Waals surface area contributed by atoms with Gasteiger partial charge in [0.05, 0.1) is 0 Å². The summed E-state index contributed by atoms with van der Waals surface area (Å²) in [4.78, 5) is 37.8. The Morgan fingerprint density at radius 2 is 0.557 bits per heavy atom. The van der Waals surface area contributed by atoms with Crippen LogP contribution in [0.4, 0.5) is 0 Å². The third-order valence-corrected chi connectivity index (χ3v) is 12.0. The molecule has 0 bridgehead atoms. The molecule has 0 aromatic carbocycles. The average molecular weight is 972 g/mol. The van der Waals surface area contributed by atoms with Crippen LogP contribution >= 0.6 is 0 Å². The highest BCUT2D eigenvalue weighted by atomic mass is 16.6. The SMILES string of the molecule is CC/C=C\C/C=C\C/C=C\C/C=C\C/C=C\C/C=C\CCCCCCCCCCCCCCCCC(=O)OCC(COC(=O)CCCCCCCC)OC(=O)CCCCC/C=C\C/C=C\C/C=C\CC. The van der Waals surface area contributed by atoms with Crippen LogP contribution in [0.25, 0.3) is 0 Å². The molecule has 0 aromatic rings. The first-order chi connectivity index (χ1) is 34.5. The van der Waals surface area contributed by atoms with Gasteiger partial charge in [0.15, 0.2) is 6.10 Å². The minimum Gasteiger partial charge on any atom is -0.462 e. The van der Waals surface area contributed by atoms with Crippen molar-refractivity contribution in [1.29, 1.82) is 0 Å². The maximum Gasteiger partial charge on any atom is 0.306 e. The molecule has 1 unspecified atom stereocenters. The largest absolute Gasteiger partial charge is 0.462 e. The molecule has 70 heavy (non-hydrogen) atoms. The standard InChI is InChI=1S/C64H106O6/c1-4-7-10-13-16-18-20-22-23-24-25-26-27-28-29-30-31-32-33-34-35-36-37-38-39-40-41-43-44-46-48-51-54-57-63(66)69-60-61(59-68-62(65)56-53-50-15-12-9-6-3)70-64(67)58-55-52-49-47-45-42-21-19-17-14-11-8-5-2/h7-8,10-11,16-19,22-23,25-26,28-29,31-32,42,45,61H,4-6,9,12-15,20-21,24,27,30,33-41,43-44,46-60H2,1-3H3/b10-7-,11-8-,18-16-,19-17-,23-22-,26-25-,29-28-,32-31-,45-42-. The van der Waals surface area contributed by atoms with E-state index in [1.807, 2.05) is 0 Å². The summed E-state index contributed by atoms with van der Waals surface area (Å²) >= 11 is 0. The molecule has 0 N–H and O–H groups in total. The first-order valence-electron chi connectivity index (χ1n) is 28.9. The monoisotopic (exact) mass is 971 g/mol. The van der Waals surface area contributed by atoms with Gasteiger partial charge in [0, 0.05) is 19.3 Å². The quantitative estimate of drug-likeness (QED) is 0.0262. The van der Waals surface area contributed by atoms with Gasteiger partial charge in [-0.15, -0.1) is 0 Å². The average Bonchev–Trinajstić information content (AvgIpc) is 3.36. The van der Waals surface area contributed by atoms with Crippen LogP contribution in [0.2, 0.25) is 0 Å². The molecule has 0 spiro atoms. The van der Waals surface area contributed by atoms with Crippen molar-refractivity contribution in [2.75, 3.05) is 13.2 Å². The molecule has 0 fully saturated rings. The smallest absolute Gasteiger partial charge is 0.306 e. The lowest BCUT2D eigenvalue weighted by atomic mass is 10.0. The molecule has 398 valence electrons. The Hall–Kier alpha value is -3.93. The number of carbonyl (C=O) groups excluding carboxylic acids is 3. The van der Waals surface area contributed by atoms with Gasteiger partial charge >= 0.3 is 17.9 Å². The van der Waals surface area contributed by atoms with Crippen LogP contribution in [-0.2, 0) is 28.6 Å². The van der Waals surface area contributed by atoms with Gasteiger partial charge in [0.2, 0.25) is 0 Å². The maximum absolute atomic E-state index is 12.7. The van der Waals surface area contributed by atoms with E-state index < -0.39 is 6.10 Å². The molecule has 0 aliphatic carbocycles. The summed E-state index contributed by atoms with van der Waals surface area (Å²) in [5.74, 6) is -0.930. The summed E-state index contributed by atoms with van der Waals surface area (Å²) in [6.07, 6.45) is 78.5. The topological polar surface area (TPSA) is 78.9 Å². The summed E-state index contributed by atoms with van der Waals surface area (Å²) in [5.41, 5.74) is 0. The van der Waals surface area contributed by atoms with E-state index in [2.05, 4.69) is 130 Å². The van der Waals surface area contributed by atoms with Gasteiger partial charge in [-0.25, -0.2) is 0 Å². The van der Waals surface area contributed by atoms with E-state index in [0.29, 0.717) is 19.3 Å². The van der Waals surface area contributed by atoms with Crippen molar-refractivity contribution in [3.63, 3.8) is 0 Å². The number of ether oxygens (including phenoxy) is 3. The third-order valence-electron chi connectivity index (χ3n) is 12.0. The molecule has 0 saturated heterocycles. The Morgan fingerprint density at radius 3 is 0.886 bits per heavy atom. The molecule has 0 saturated carbocycles. The molecular weight excluding hydrogens is 865 g/mol. The fraction of sp³-hybridized carbons (Fsp3) is 0.672. The summed E-state index contributed by atoms with van der Waals surface area (Å²) in [5, 5.41) is 0. The second kappa shape index (κ2) is 57.6. The predicted octanol–water partition coefficient (Wildman–Crippen LogP) is 19.5. The summed E-state index contributed by atoms with van der Waals surface area (Å²) in [6, 6.07) is 0. The van der Waals surface area contributed by atoms with E-state index in [4.69, 9.17) is 14.2 Å². The predicted molar refractivity (Wildman–Crippen MR) is 302 cm³/mol. The molecule has 0 radical (unpaired) electrons. The number of hydrogen-bond acceptors (Lipinski definition) is 6. The van der Waals surface area contributed by atoms with E-state index in [9.17, 15) is 14.4 Å². The van der Waals surface area contributed by atoms with Crippen molar-refractivity contribution >= 4 is 17.9 Å². The van der Waals surface area contributed by atoms with Crippen LogP contribution in [0, 0.1) is 0 Å². The van der Waals surface area contributed by atoms with Gasteiger partial charge in [-0.1, -0.05) is 246 Å². The summed E-state index contributed by atoms with van der Waals surface area (Å²) in [7, 11) is 0. The number of unbranched alkanes of at least 4 members (excludes halogenated alkanes) is 22. The molecule has 0 amide bonds. The second-order valence-corrected chi connectivity index (χ2v) is 18.8. The Morgan fingerprint density at radius 1 is 0.300 bits per heavy atom. The third kappa shape index (κ3) is 55.0. The lowest BCUT2D eigenvalue weighted by Crippen LogP contribution is -2.30. The minimum absolute atomic E-state index is 0.0892. The van der Waals surface area contributed by atoms with E-state index in [0.717, 1.165) is 122 Å². The normalized spacial score (nSPS) is 12.9. The van der Waals surface area contributed by atoms with Gasteiger partial charge in [-0.05, 0) is 103 Å². The summed E-state index contributed by atoms with van der Waals surface area (Å²) in [6.45, 7) is 6.32. The van der Waals surface area contributed by atoms with Crippen LogP contribution in [0.5, 0.6) is 0 Å². The van der Waals surface area contributed by atoms with Crippen LogP contribution in [-0.4, -0.2) is 37.2 Å². The Labute approximate surface area is 431 Å². The van der Waals surface area contributed by atoms with Crippen molar-refractivity contribution in [2.45, 2.75) is 264 Å². The molecule has 0 heterocycles. The van der Waals surface area contributed by atoms with Crippen molar-refractivity contribution in [3.05, 3.63) is 109 Å². The van der Waals surface area contributed by atoms with E-state index >= 15 is 0 Å². The molecule has 0 aromatic heterocycles. The zero-order valence-electron chi connectivity index (χ0n) is 45.5. The first kappa shape index (κ1) is 66.1. The zero-order chi connectivity index (χ0) is 50.7. The molecule has 1 atom stereocenters. The lowest BCUT2D eigenvalue weighted by molar-refractivity contribution is -0.167. The molecule has 0 aliphatic rings. The highest BCUT2D eigenvalue weighted by Crippen LogP contribution is 2.15. The fourth-order valence-electron chi connectivity index (χ4n) is 7.75. The second-order valence-electron chi connectivity index (χ2n) is 18.8. The molecule has 6 heteroatoms. The maximum atomic E-state index is 12.7. The van der Waals surface area contributed by atoms with Crippen molar-refractivity contribution < 1.29 is 28.6 Å². The Kier molecular flexibility index (Phi) is 54.4. The van der Waals surface area contributed by atoms with Crippen LogP contribution in [0.15, 0.2) is 109 Å². The van der Waals surface area contributed by atoms with Gasteiger partial charge in [-0.2, -0.15) is 0 Å². The molecular formula is C64H106O6. The Bertz CT molecular complexity index is 1440. The van der Waals surface area contributed by atoms with Gasteiger partial charge in [-0.3, -0.25) is 14.4 Å². The lowest BCUT2D eigenvalue weighted by Gasteiger charge is -2.18. The van der Waals surface area contributed by atoms with E-state index in [1.54, 1.807) is 0 Å². The van der Waals surface area contributed by atoms with Crippen LogP contribution in [0.1, 0.15) is 258 Å². The van der Waals surface area contributed by atoms with Crippen molar-refractivity contribution in [2.24, 2.45) is 0 Å². The van der Waals surface area contributed by atoms with Crippen molar-refractivity contribution in [3.8, 4) is 0 Å². The molecule has 0 rings (SSSR count). The number of allylic oxidation sites excluding steroid dienone is 18. The Balaban J connectivity index is 4.02. The van der Waals surface area contributed by atoms with Crippen LogP contribution < -0.4 is 0 Å². The fourth-order valence-corrected chi connectivity index (χ4v) is 7.75. The zero-order valence-corrected chi connectivity index (χ0v) is 45.5. The highest BCUT2D eigenvalue weighted by molar-refractivity contribution is 5.71. The number of rotatable bonds is 51. The van der Waals surface area contributed by atoms with Crippen molar-refractivity contribution in [1.82, 2.24) is 0 Å². The first-order valence-corrected chi connectivity index (χ1v) is 28.9. The minimum atomic E-state index is -0.789. The number of hydrogen-bond donors (Lipinski definition) is 0. The number of carbonyl (C=O) groups is 3. The van der Waals surface area contributed by atoms with Gasteiger partial charge in [0.25, 0.3) is 0 Å². The van der Waals surface area contributed by atoms with E-state index in [-0.39, 0.29) is 31.1 Å². The highest BCUT2D eigenvalue weighted by Gasteiger charge is 2.19. The van der Waals surface area contributed by atoms with Gasteiger partial charge < -0.3 is 14.2 Å². The van der Waals surface area contributed by atoms with Crippen LogP contribution in [0.3, 0.4) is 0 Å². The van der Waals surface area contributed by atoms with E-state index in [1.165, 1.54) is 96.3 Å². The molecule has 0 aliphatic heterocycles. The van der Waals surface area contributed by atoms with Gasteiger partial charge in [0.1, 0.15) is 13.2 Å². The number of esters is 3. The summed E-state index contributed by atoms with van der Waals surface area (Å²) < 4.78 is 16.7.